The lowest BCUT2D eigenvalue weighted by molar-refractivity contribution is 0.0779. The number of carbonyl (C=O) groups is 1. The fraction of sp³-hybridized carbons (Fsp3) is 0.462. The zero-order valence-corrected chi connectivity index (χ0v) is 10.9. The van der Waals surface area contributed by atoms with Crippen LogP contribution in [0, 0.1) is 23.4 Å². The van der Waals surface area contributed by atoms with Crippen molar-refractivity contribution in [2.24, 2.45) is 11.7 Å². The Bertz CT molecular complexity index is 549. The van der Waals surface area contributed by atoms with Gasteiger partial charge in [-0.25, -0.2) is 8.78 Å². The van der Waals surface area contributed by atoms with E-state index in [1.165, 1.54) is 4.90 Å². The smallest absolute Gasteiger partial charge is 0.257 e. The molecule has 1 aromatic carbocycles. The van der Waals surface area contributed by atoms with Crippen LogP contribution in [-0.4, -0.2) is 35.0 Å². The molecular formula is C13H15F3N2O2. The van der Waals surface area contributed by atoms with Gasteiger partial charge in [0.2, 0.25) is 5.82 Å². The number of benzene rings is 1. The molecule has 1 heterocycles. The topological polar surface area (TPSA) is 66.6 Å². The third kappa shape index (κ3) is 2.45. The van der Waals surface area contributed by atoms with Gasteiger partial charge >= 0.3 is 0 Å². The summed E-state index contributed by atoms with van der Waals surface area (Å²) >= 11 is 0. The van der Waals surface area contributed by atoms with E-state index in [1.807, 2.05) is 6.92 Å². The Morgan fingerprint density at radius 3 is 2.65 bits per heavy atom. The highest BCUT2D eigenvalue weighted by Crippen LogP contribution is 2.28. The number of likely N-dealkylation sites (tertiary alicyclic amines) is 1. The Hall–Kier alpha value is -1.76. The van der Waals surface area contributed by atoms with Crippen LogP contribution in [0.25, 0.3) is 0 Å². The number of carbonyl (C=O) groups excluding carboxylic acids is 1. The van der Waals surface area contributed by atoms with Crippen LogP contribution in [0.4, 0.5) is 13.2 Å². The Labute approximate surface area is 114 Å². The van der Waals surface area contributed by atoms with Crippen molar-refractivity contribution >= 4 is 5.91 Å². The molecule has 0 aliphatic carbocycles. The summed E-state index contributed by atoms with van der Waals surface area (Å²) in [5, 5.41) is 9.12. The molecule has 1 fully saturated rings. The number of amides is 1. The minimum absolute atomic E-state index is 0.0842. The number of halogens is 3. The van der Waals surface area contributed by atoms with Gasteiger partial charge < -0.3 is 15.7 Å². The Morgan fingerprint density at radius 2 is 2.10 bits per heavy atom. The van der Waals surface area contributed by atoms with Crippen LogP contribution in [0.15, 0.2) is 6.07 Å². The number of hydrogen-bond acceptors (Lipinski definition) is 3. The third-order valence-corrected chi connectivity index (χ3v) is 3.62. The molecule has 0 aromatic heterocycles. The Balaban J connectivity index is 2.27. The molecule has 1 aliphatic heterocycles. The third-order valence-electron chi connectivity index (χ3n) is 3.62. The fourth-order valence-electron chi connectivity index (χ4n) is 2.32. The molecule has 2 rings (SSSR count). The van der Waals surface area contributed by atoms with E-state index < -0.39 is 34.7 Å². The molecule has 2 atom stereocenters. The molecule has 0 saturated carbocycles. The number of rotatable bonds is 2. The summed E-state index contributed by atoms with van der Waals surface area (Å²) in [6.45, 7) is 2.50. The van der Waals surface area contributed by atoms with Crippen molar-refractivity contribution in [3.05, 3.63) is 29.1 Å². The largest absolute Gasteiger partial charge is 0.503 e. The van der Waals surface area contributed by atoms with Gasteiger partial charge in [0.25, 0.3) is 5.91 Å². The average molecular weight is 288 g/mol. The maximum Gasteiger partial charge on any atom is 0.257 e. The summed E-state index contributed by atoms with van der Waals surface area (Å²) in [5.41, 5.74) is 5.06. The Morgan fingerprint density at radius 1 is 1.45 bits per heavy atom. The van der Waals surface area contributed by atoms with Crippen LogP contribution in [0.2, 0.25) is 0 Å². The molecular weight excluding hydrogens is 273 g/mol. The predicted octanol–water partition coefficient (Wildman–Crippen LogP) is 1.62. The van der Waals surface area contributed by atoms with E-state index in [4.69, 9.17) is 10.8 Å². The van der Waals surface area contributed by atoms with Gasteiger partial charge in [-0.05, 0) is 25.3 Å². The number of nitrogens with zero attached hydrogens (tertiary/aromatic N) is 1. The maximum atomic E-state index is 13.7. The summed E-state index contributed by atoms with van der Waals surface area (Å²) < 4.78 is 39.8. The Kier molecular flexibility index (Phi) is 3.89. The first-order valence-corrected chi connectivity index (χ1v) is 6.24. The van der Waals surface area contributed by atoms with Crippen molar-refractivity contribution in [1.82, 2.24) is 4.90 Å². The minimum Gasteiger partial charge on any atom is -0.503 e. The summed E-state index contributed by atoms with van der Waals surface area (Å²) in [5.74, 6) is -6.78. The lowest BCUT2D eigenvalue weighted by Crippen LogP contribution is -2.33. The van der Waals surface area contributed by atoms with Crippen molar-refractivity contribution in [3.8, 4) is 5.75 Å². The van der Waals surface area contributed by atoms with E-state index >= 15 is 0 Å². The van der Waals surface area contributed by atoms with E-state index in [1.54, 1.807) is 0 Å². The van der Waals surface area contributed by atoms with E-state index in [9.17, 15) is 18.0 Å². The van der Waals surface area contributed by atoms with Crippen molar-refractivity contribution in [3.63, 3.8) is 0 Å². The second-order valence-corrected chi connectivity index (χ2v) is 5.04. The average Bonchev–Trinajstić information content (AvgIpc) is 2.89. The molecule has 0 spiro atoms. The molecule has 1 aliphatic rings. The first kappa shape index (κ1) is 14.6. The molecule has 4 nitrogen and oxygen atoms in total. The van der Waals surface area contributed by atoms with Gasteiger partial charge in [-0.1, -0.05) is 0 Å². The van der Waals surface area contributed by atoms with E-state index in [-0.39, 0.29) is 12.0 Å². The van der Waals surface area contributed by atoms with Gasteiger partial charge in [-0.15, -0.1) is 0 Å². The van der Waals surface area contributed by atoms with Gasteiger partial charge in [0.15, 0.2) is 17.4 Å². The summed E-state index contributed by atoms with van der Waals surface area (Å²) in [6.07, 6.45) is 0.667. The first-order chi connectivity index (χ1) is 9.32. The van der Waals surface area contributed by atoms with Crippen molar-refractivity contribution in [2.45, 2.75) is 19.4 Å². The molecule has 0 bridgehead atoms. The zero-order valence-electron chi connectivity index (χ0n) is 10.9. The van der Waals surface area contributed by atoms with Gasteiger partial charge in [0.05, 0.1) is 5.56 Å². The normalized spacial score (nSPS) is 20.2. The van der Waals surface area contributed by atoms with Crippen molar-refractivity contribution in [2.75, 3.05) is 13.1 Å². The molecule has 1 aromatic rings. The van der Waals surface area contributed by atoms with Crippen LogP contribution >= 0.6 is 0 Å². The quantitative estimate of drug-likeness (QED) is 0.813. The van der Waals surface area contributed by atoms with Gasteiger partial charge in [-0.3, -0.25) is 4.79 Å². The molecule has 7 heteroatoms. The molecule has 1 amide bonds. The summed E-state index contributed by atoms with van der Waals surface area (Å²) in [6, 6.07) is 0.349. The first-order valence-electron chi connectivity index (χ1n) is 6.24. The lowest BCUT2D eigenvalue weighted by Gasteiger charge is -2.18. The van der Waals surface area contributed by atoms with Gasteiger partial charge in [-0.2, -0.15) is 4.39 Å². The van der Waals surface area contributed by atoms with Crippen LogP contribution in [0.5, 0.6) is 5.75 Å². The number of phenolic OH excluding ortho intramolecular Hbond substituents is 1. The number of aromatic hydroxyl groups is 1. The summed E-state index contributed by atoms with van der Waals surface area (Å²) in [4.78, 5) is 13.4. The minimum atomic E-state index is -1.70. The molecule has 20 heavy (non-hydrogen) atoms. The molecule has 1 saturated heterocycles. The fourth-order valence-corrected chi connectivity index (χ4v) is 2.32. The van der Waals surface area contributed by atoms with Crippen molar-refractivity contribution < 1.29 is 23.1 Å². The lowest BCUT2D eigenvalue weighted by atomic mass is 10.0. The zero-order chi connectivity index (χ0) is 15.0. The highest BCUT2D eigenvalue weighted by atomic mass is 19.2. The van der Waals surface area contributed by atoms with E-state index in [2.05, 4.69) is 0 Å². The van der Waals surface area contributed by atoms with E-state index in [0.717, 1.165) is 0 Å². The standard InChI is InChI=1S/C13H15F3N2O2/c1-6(17)7-2-3-18(5-7)13(20)8-4-9(14)11(16)12(19)10(8)15/h4,6-7,19H,2-3,5,17H2,1H3. The van der Waals surface area contributed by atoms with Crippen LogP contribution < -0.4 is 5.73 Å². The number of nitrogens with two attached hydrogens (primary N) is 1. The monoisotopic (exact) mass is 288 g/mol. The second-order valence-electron chi connectivity index (χ2n) is 5.04. The maximum absolute atomic E-state index is 13.7. The summed E-state index contributed by atoms with van der Waals surface area (Å²) in [7, 11) is 0. The van der Waals surface area contributed by atoms with E-state index in [0.29, 0.717) is 25.6 Å². The van der Waals surface area contributed by atoms with Crippen molar-refractivity contribution in [1.29, 1.82) is 0 Å². The predicted molar refractivity (Wildman–Crippen MR) is 65.6 cm³/mol. The molecule has 110 valence electrons. The van der Waals surface area contributed by atoms with Gasteiger partial charge in [0, 0.05) is 19.1 Å². The highest BCUT2D eigenvalue weighted by Gasteiger charge is 2.32. The molecule has 3 N–H and O–H groups in total. The number of phenols is 1. The SMILES string of the molecule is CC(N)C1CCN(C(=O)c2cc(F)c(F)c(O)c2F)C1. The van der Waals surface area contributed by atoms with Crippen LogP contribution in [-0.2, 0) is 0 Å². The number of hydrogen-bond donors (Lipinski definition) is 2. The second kappa shape index (κ2) is 5.32. The molecule has 2 unspecified atom stereocenters. The molecule has 0 radical (unpaired) electrons. The van der Waals surface area contributed by atoms with Crippen LogP contribution in [0.3, 0.4) is 0 Å². The van der Waals surface area contributed by atoms with Crippen LogP contribution in [0.1, 0.15) is 23.7 Å². The highest BCUT2D eigenvalue weighted by molar-refractivity contribution is 5.95. The van der Waals surface area contributed by atoms with Gasteiger partial charge in [0.1, 0.15) is 0 Å².